The average molecular weight is 460 g/mol. The average Bonchev–Trinajstić information content (AvgIpc) is 2.67. The van der Waals surface area contributed by atoms with Crippen LogP contribution in [0.15, 0.2) is 36.9 Å². The summed E-state index contributed by atoms with van der Waals surface area (Å²) in [5.74, 6) is -0.486. The van der Waals surface area contributed by atoms with Gasteiger partial charge in [0, 0.05) is 12.3 Å². The highest BCUT2D eigenvalue weighted by atomic mass is 35.5. The predicted octanol–water partition coefficient (Wildman–Crippen LogP) is 4.83. The number of ether oxygens (including phenoxy) is 2. The van der Waals surface area contributed by atoms with Crippen LogP contribution in [0.25, 0.3) is 0 Å². The van der Waals surface area contributed by atoms with Crippen LogP contribution in [0.1, 0.15) is 16.8 Å². The molecule has 9 heteroatoms. The van der Waals surface area contributed by atoms with E-state index < -0.39 is 5.97 Å². The molecule has 0 bridgehead atoms. The number of rotatable bonds is 10. The number of alkyl halides is 2. The molecule has 0 saturated carbocycles. The Morgan fingerprint density at radius 3 is 2.37 bits per heavy atom. The van der Waals surface area contributed by atoms with Crippen molar-refractivity contribution in [1.82, 2.24) is 0 Å². The van der Waals surface area contributed by atoms with Crippen molar-refractivity contribution in [2.24, 2.45) is 0 Å². The van der Waals surface area contributed by atoms with E-state index in [1.807, 2.05) is 0 Å². The number of hydrogen-bond acceptors (Lipinski definition) is 5. The summed E-state index contributed by atoms with van der Waals surface area (Å²) in [5, 5.41) is 17.0. The van der Waals surface area contributed by atoms with E-state index in [4.69, 9.17) is 61.0 Å². The Morgan fingerprint density at radius 2 is 1.85 bits per heavy atom. The first kappa shape index (κ1) is 26.1. The van der Waals surface area contributed by atoms with Crippen molar-refractivity contribution in [2.45, 2.75) is 11.8 Å². The van der Waals surface area contributed by atoms with E-state index in [0.717, 1.165) is 0 Å². The van der Waals surface area contributed by atoms with Crippen LogP contribution in [0.4, 0.5) is 0 Å². The molecule has 1 aromatic rings. The number of aromatic hydroxyl groups is 1. The SMILES string of the molecule is C=CCO.O=C(OCCCOC/C=C/C(Cl)CCl)c1cc(Cl)c(O)c(Cl)c1. The van der Waals surface area contributed by atoms with Crippen LogP contribution < -0.4 is 0 Å². The van der Waals surface area contributed by atoms with Gasteiger partial charge in [0.2, 0.25) is 0 Å². The number of carbonyl (C=O) groups excluding carboxylic acids is 1. The fraction of sp³-hybridized carbons (Fsp3) is 0.389. The molecular weight excluding hydrogens is 438 g/mol. The monoisotopic (exact) mass is 458 g/mol. The molecule has 0 aromatic heterocycles. The molecular formula is C18H22Cl4O5. The largest absolute Gasteiger partial charge is 0.505 e. The quantitative estimate of drug-likeness (QED) is 0.227. The zero-order chi connectivity index (χ0) is 20.7. The van der Waals surface area contributed by atoms with Gasteiger partial charge in [-0.05, 0) is 12.1 Å². The molecule has 1 rings (SSSR count). The van der Waals surface area contributed by atoms with Crippen LogP contribution >= 0.6 is 46.4 Å². The van der Waals surface area contributed by atoms with Gasteiger partial charge in [0.15, 0.2) is 5.75 Å². The summed E-state index contributed by atoms with van der Waals surface area (Å²) >= 11 is 22.8. The molecule has 0 saturated heterocycles. The number of allylic oxidation sites excluding steroid dienone is 1. The molecule has 0 aliphatic carbocycles. The van der Waals surface area contributed by atoms with Crippen LogP contribution in [0, 0.1) is 0 Å². The molecule has 0 fully saturated rings. The highest BCUT2D eigenvalue weighted by molar-refractivity contribution is 6.37. The second kappa shape index (κ2) is 16.0. The van der Waals surface area contributed by atoms with Crippen molar-refractivity contribution in [3.8, 4) is 5.75 Å². The summed E-state index contributed by atoms with van der Waals surface area (Å²) in [4.78, 5) is 11.8. The molecule has 2 N–H and O–H groups in total. The van der Waals surface area contributed by atoms with E-state index in [-0.39, 0.29) is 39.9 Å². The normalized spacial score (nSPS) is 11.6. The number of halogens is 4. The molecule has 0 spiro atoms. The Kier molecular flexibility index (Phi) is 15.5. The lowest BCUT2D eigenvalue weighted by molar-refractivity contribution is 0.0458. The minimum atomic E-state index is -0.569. The Morgan fingerprint density at radius 1 is 1.26 bits per heavy atom. The van der Waals surface area contributed by atoms with E-state index in [2.05, 4.69) is 6.58 Å². The van der Waals surface area contributed by atoms with E-state index in [0.29, 0.717) is 25.5 Å². The Hall–Kier alpha value is -0.950. The molecule has 152 valence electrons. The van der Waals surface area contributed by atoms with Crippen LogP contribution in [0.5, 0.6) is 5.75 Å². The maximum atomic E-state index is 11.8. The molecule has 0 amide bonds. The van der Waals surface area contributed by atoms with Gasteiger partial charge in [-0.25, -0.2) is 4.79 Å². The van der Waals surface area contributed by atoms with Gasteiger partial charge >= 0.3 is 5.97 Å². The predicted molar refractivity (Wildman–Crippen MR) is 111 cm³/mol. The maximum absolute atomic E-state index is 11.8. The molecule has 1 unspecified atom stereocenters. The fourth-order valence-corrected chi connectivity index (χ4v) is 2.19. The molecule has 27 heavy (non-hydrogen) atoms. The minimum Gasteiger partial charge on any atom is -0.505 e. The van der Waals surface area contributed by atoms with Crippen molar-refractivity contribution in [3.05, 3.63) is 52.5 Å². The minimum absolute atomic E-state index is 0.00545. The Balaban J connectivity index is 0.00000153. The number of hydrogen-bond donors (Lipinski definition) is 2. The van der Waals surface area contributed by atoms with Crippen LogP contribution in [0.3, 0.4) is 0 Å². The second-order valence-corrected chi connectivity index (χ2v) is 6.61. The highest BCUT2D eigenvalue weighted by Crippen LogP contribution is 2.32. The molecule has 1 atom stereocenters. The van der Waals surface area contributed by atoms with Crippen LogP contribution in [-0.2, 0) is 9.47 Å². The summed E-state index contributed by atoms with van der Waals surface area (Å²) in [6.07, 6.45) is 5.51. The van der Waals surface area contributed by atoms with E-state index >= 15 is 0 Å². The number of carbonyl (C=O) groups is 1. The molecule has 0 heterocycles. The lowest BCUT2D eigenvalue weighted by Crippen LogP contribution is -2.08. The Labute approximate surface area is 179 Å². The topological polar surface area (TPSA) is 76.0 Å². The lowest BCUT2D eigenvalue weighted by atomic mass is 10.2. The third kappa shape index (κ3) is 12.2. The number of esters is 1. The highest BCUT2D eigenvalue weighted by Gasteiger charge is 2.13. The van der Waals surface area contributed by atoms with Gasteiger partial charge in [0.1, 0.15) is 0 Å². The molecule has 0 aliphatic rings. The third-order valence-corrected chi connectivity index (χ3v) is 4.12. The molecule has 5 nitrogen and oxygen atoms in total. The maximum Gasteiger partial charge on any atom is 0.338 e. The molecule has 1 aromatic carbocycles. The van der Waals surface area contributed by atoms with E-state index in [1.54, 1.807) is 12.2 Å². The number of aliphatic hydroxyl groups excluding tert-OH is 1. The van der Waals surface area contributed by atoms with Gasteiger partial charge in [-0.15, -0.1) is 29.8 Å². The van der Waals surface area contributed by atoms with Gasteiger partial charge in [-0.1, -0.05) is 41.4 Å². The smallest absolute Gasteiger partial charge is 0.338 e. The zero-order valence-electron chi connectivity index (χ0n) is 14.5. The first-order valence-corrected chi connectivity index (χ1v) is 9.61. The summed E-state index contributed by atoms with van der Waals surface area (Å²) in [5.41, 5.74) is 0.177. The van der Waals surface area contributed by atoms with Crippen molar-refractivity contribution >= 4 is 52.4 Å². The van der Waals surface area contributed by atoms with Crippen molar-refractivity contribution in [3.63, 3.8) is 0 Å². The molecule has 0 aliphatic heterocycles. The number of benzene rings is 1. The van der Waals surface area contributed by atoms with Crippen molar-refractivity contribution < 1.29 is 24.5 Å². The standard InChI is InChI=1S/C15H16Cl4O4.C3H6O/c16-9-11(17)3-1-4-22-5-2-6-23-15(21)10-7-12(18)14(20)13(19)8-10;1-2-3-4/h1,3,7-8,11,20H,2,4-6,9H2;2,4H,1,3H2/b3-1+;. The number of phenols is 1. The zero-order valence-corrected chi connectivity index (χ0v) is 17.6. The summed E-state index contributed by atoms with van der Waals surface area (Å²) < 4.78 is 10.4. The first-order valence-electron chi connectivity index (χ1n) is 7.88. The summed E-state index contributed by atoms with van der Waals surface area (Å²) in [6.45, 7) is 4.35. The second-order valence-electron chi connectivity index (χ2n) is 4.92. The van der Waals surface area contributed by atoms with E-state index in [1.165, 1.54) is 18.2 Å². The Bertz CT molecular complexity index is 584. The van der Waals surface area contributed by atoms with Crippen molar-refractivity contribution in [1.29, 1.82) is 0 Å². The summed E-state index contributed by atoms with van der Waals surface area (Å²) in [6, 6.07) is 2.59. The third-order valence-electron chi connectivity index (χ3n) is 2.75. The van der Waals surface area contributed by atoms with Crippen molar-refractivity contribution in [2.75, 3.05) is 32.3 Å². The van der Waals surface area contributed by atoms with Gasteiger partial charge in [-0.3, -0.25) is 0 Å². The lowest BCUT2D eigenvalue weighted by Gasteiger charge is -2.07. The van der Waals surface area contributed by atoms with Gasteiger partial charge < -0.3 is 19.7 Å². The van der Waals surface area contributed by atoms with Gasteiger partial charge in [0.05, 0.1) is 47.4 Å². The van der Waals surface area contributed by atoms with Gasteiger partial charge in [-0.2, -0.15) is 0 Å². The first-order chi connectivity index (χ1) is 12.9. The van der Waals surface area contributed by atoms with Crippen LogP contribution in [0.2, 0.25) is 10.0 Å². The molecule has 0 radical (unpaired) electrons. The summed E-state index contributed by atoms with van der Waals surface area (Å²) in [7, 11) is 0. The van der Waals surface area contributed by atoms with Crippen LogP contribution in [-0.4, -0.2) is 53.9 Å². The van der Waals surface area contributed by atoms with Gasteiger partial charge in [0.25, 0.3) is 0 Å². The number of aliphatic hydroxyl groups is 1. The fourth-order valence-electron chi connectivity index (χ4n) is 1.50. The van der Waals surface area contributed by atoms with E-state index in [9.17, 15) is 9.90 Å². The number of phenolic OH excluding ortho intramolecular Hbond substituents is 1.